The third-order valence-corrected chi connectivity index (χ3v) is 6.57. The molecule has 0 amide bonds. The van der Waals surface area contributed by atoms with Crippen LogP contribution in [0.1, 0.15) is 45.7 Å². The van der Waals surface area contributed by atoms with Crippen molar-refractivity contribution in [3.05, 3.63) is 93.8 Å². The summed E-state index contributed by atoms with van der Waals surface area (Å²) < 4.78 is 13.6. The van der Waals surface area contributed by atoms with Gasteiger partial charge in [-0.1, -0.05) is 42.5 Å². The number of hydrogen-bond acceptors (Lipinski definition) is 1. The quantitative estimate of drug-likeness (QED) is 0.633. The number of fused-ring (bicyclic) bond motifs is 5. The first kappa shape index (κ1) is 17.6. The van der Waals surface area contributed by atoms with Gasteiger partial charge in [-0.05, 0) is 102 Å². The van der Waals surface area contributed by atoms with Gasteiger partial charge in [0, 0.05) is 6.54 Å². The summed E-state index contributed by atoms with van der Waals surface area (Å²) in [6.07, 6.45) is 5.48. The molecule has 1 nitrogen and oxygen atoms in total. The Kier molecular flexibility index (Phi) is 4.52. The summed E-state index contributed by atoms with van der Waals surface area (Å²) in [5.74, 6) is 0.489. The summed E-state index contributed by atoms with van der Waals surface area (Å²) in [6.45, 7) is 0.922. The normalized spacial score (nSPS) is 17.6. The molecular weight excluding hydrogens is 345 g/mol. The zero-order valence-corrected chi connectivity index (χ0v) is 16.4. The van der Waals surface area contributed by atoms with Crippen molar-refractivity contribution in [2.45, 2.75) is 44.6 Å². The van der Waals surface area contributed by atoms with Gasteiger partial charge in [0.15, 0.2) is 0 Å². The summed E-state index contributed by atoms with van der Waals surface area (Å²) >= 11 is 0. The second-order valence-corrected chi connectivity index (χ2v) is 8.24. The molecule has 28 heavy (non-hydrogen) atoms. The number of hydrogen-bond donors (Lipinski definition) is 1. The van der Waals surface area contributed by atoms with Gasteiger partial charge in [0.25, 0.3) is 0 Å². The summed E-state index contributed by atoms with van der Waals surface area (Å²) in [6, 6.07) is 19.0. The first-order valence-electron chi connectivity index (χ1n) is 10.4. The van der Waals surface area contributed by atoms with Gasteiger partial charge in [-0.25, -0.2) is 4.39 Å². The van der Waals surface area contributed by atoms with E-state index >= 15 is 0 Å². The molecule has 0 saturated carbocycles. The molecule has 142 valence electrons. The summed E-state index contributed by atoms with van der Waals surface area (Å²) in [5.41, 5.74) is 11.1. The van der Waals surface area contributed by atoms with E-state index in [0.29, 0.717) is 5.92 Å². The van der Waals surface area contributed by atoms with Crippen LogP contribution in [0.25, 0.3) is 11.1 Å². The Balaban J connectivity index is 1.44. The average Bonchev–Trinajstić information content (AvgIpc) is 2.73. The average molecular weight is 371 g/mol. The maximum atomic E-state index is 13.6. The molecule has 0 fully saturated rings. The molecule has 0 saturated heterocycles. The lowest BCUT2D eigenvalue weighted by atomic mass is 9.74. The number of nitrogens with one attached hydrogen (secondary N) is 1. The lowest BCUT2D eigenvalue weighted by Gasteiger charge is -2.30. The van der Waals surface area contributed by atoms with E-state index < -0.39 is 0 Å². The maximum Gasteiger partial charge on any atom is 0.123 e. The molecule has 3 aromatic rings. The molecule has 0 spiro atoms. The van der Waals surface area contributed by atoms with E-state index in [0.717, 1.165) is 37.8 Å². The minimum absolute atomic E-state index is 0.122. The molecule has 2 heteroatoms. The largest absolute Gasteiger partial charge is 0.316 e. The highest BCUT2D eigenvalue weighted by Crippen LogP contribution is 2.41. The van der Waals surface area contributed by atoms with E-state index in [9.17, 15) is 4.39 Å². The van der Waals surface area contributed by atoms with E-state index in [1.165, 1.54) is 39.8 Å². The molecule has 1 atom stereocenters. The molecule has 2 aliphatic carbocycles. The summed E-state index contributed by atoms with van der Waals surface area (Å²) in [4.78, 5) is 0. The monoisotopic (exact) mass is 371 g/mol. The van der Waals surface area contributed by atoms with Gasteiger partial charge in [0.2, 0.25) is 0 Å². The summed E-state index contributed by atoms with van der Waals surface area (Å²) in [7, 11) is 1.99. The second kappa shape index (κ2) is 7.18. The van der Waals surface area contributed by atoms with E-state index in [2.05, 4.69) is 41.7 Å². The summed E-state index contributed by atoms with van der Waals surface area (Å²) in [5, 5.41) is 3.21. The molecule has 0 aliphatic heterocycles. The van der Waals surface area contributed by atoms with Crippen LogP contribution in [0.5, 0.6) is 0 Å². The Labute approximate surface area is 166 Å². The third-order valence-electron chi connectivity index (χ3n) is 6.57. The van der Waals surface area contributed by atoms with Crippen LogP contribution in [-0.2, 0) is 32.2 Å². The maximum absolute atomic E-state index is 13.6. The highest BCUT2D eigenvalue weighted by atomic mass is 19.1. The number of aryl methyl sites for hydroxylation is 1. The van der Waals surface area contributed by atoms with Gasteiger partial charge in [-0.15, -0.1) is 0 Å². The lowest BCUT2D eigenvalue weighted by molar-refractivity contribution is 0.580. The number of halogens is 1. The van der Waals surface area contributed by atoms with E-state index in [-0.39, 0.29) is 5.82 Å². The Hall–Kier alpha value is -2.45. The predicted molar refractivity (Wildman–Crippen MR) is 113 cm³/mol. The van der Waals surface area contributed by atoms with Gasteiger partial charge < -0.3 is 5.32 Å². The van der Waals surface area contributed by atoms with Crippen molar-refractivity contribution >= 4 is 0 Å². The fourth-order valence-corrected chi connectivity index (χ4v) is 5.16. The van der Waals surface area contributed by atoms with Crippen molar-refractivity contribution in [3.63, 3.8) is 0 Å². The molecule has 0 aromatic heterocycles. The predicted octanol–water partition coefficient (Wildman–Crippen LogP) is 5.58. The molecule has 1 N–H and O–H groups in total. The lowest BCUT2D eigenvalue weighted by Crippen LogP contribution is -2.17. The van der Waals surface area contributed by atoms with Crippen LogP contribution >= 0.6 is 0 Å². The van der Waals surface area contributed by atoms with Crippen LogP contribution in [0.15, 0.2) is 54.6 Å². The first-order chi connectivity index (χ1) is 13.7. The second-order valence-electron chi connectivity index (χ2n) is 8.24. The molecular formula is C26H26FN. The Morgan fingerprint density at radius 2 is 1.68 bits per heavy atom. The van der Waals surface area contributed by atoms with Crippen molar-refractivity contribution in [3.8, 4) is 11.1 Å². The standard InChI is InChI=1S/C26H26FN/c1-28-16-17-2-4-18(5-3-17)19-6-10-23-20(14-19)7-11-26-24-13-9-22(27)15-21(24)8-12-25(23)26/h2-5,7,9,11,13,15,19,28H,6,8,10,12,14,16H2,1H3. The highest BCUT2D eigenvalue weighted by Gasteiger charge is 2.26. The Bertz CT molecular complexity index is 1020. The number of benzene rings is 3. The fraction of sp³-hybridized carbons (Fsp3) is 0.308. The number of rotatable bonds is 3. The van der Waals surface area contributed by atoms with Gasteiger partial charge >= 0.3 is 0 Å². The fourth-order valence-electron chi connectivity index (χ4n) is 5.16. The minimum atomic E-state index is -0.122. The van der Waals surface area contributed by atoms with Crippen LogP contribution in [0, 0.1) is 5.82 Å². The molecule has 0 bridgehead atoms. The van der Waals surface area contributed by atoms with Crippen LogP contribution in [0.3, 0.4) is 0 Å². The van der Waals surface area contributed by atoms with Crippen molar-refractivity contribution in [1.29, 1.82) is 0 Å². The molecule has 5 rings (SSSR count). The zero-order valence-electron chi connectivity index (χ0n) is 16.4. The van der Waals surface area contributed by atoms with E-state index in [4.69, 9.17) is 0 Å². The molecule has 0 heterocycles. The molecule has 1 unspecified atom stereocenters. The Morgan fingerprint density at radius 3 is 2.50 bits per heavy atom. The van der Waals surface area contributed by atoms with E-state index in [1.54, 1.807) is 17.7 Å². The van der Waals surface area contributed by atoms with Crippen molar-refractivity contribution in [1.82, 2.24) is 5.32 Å². The van der Waals surface area contributed by atoms with Crippen LogP contribution < -0.4 is 5.32 Å². The molecule has 2 aliphatic rings. The third kappa shape index (κ3) is 3.06. The van der Waals surface area contributed by atoms with Gasteiger partial charge in [0.05, 0.1) is 0 Å². The zero-order chi connectivity index (χ0) is 19.1. The van der Waals surface area contributed by atoms with Crippen molar-refractivity contribution in [2.24, 2.45) is 0 Å². The van der Waals surface area contributed by atoms with Crippen LogP contribution in [0.2, 0.25) is 0 Å². The van der Waals surface area contributed by atoms with Gasteiger partial charge in [0.1, 0.15) is 5.82 Å². The van der Waals surface area contributed by atoms with Gasteiger partial charge in [-0.3, -0.25) is 0 Å². The Morgan fingerprint density at radius 1 is 0.857 bits per heavy atom. The SMILES string of the molecule is CNCc1ccc(C2CCc3c(ccc4c3CCc3cc(F)ccc3-4)C2)cc1. The van der Waals surface area contributed by atoms with Gasteiger partial charge in [-0.2, -0.15) is 0 Å². The van der Waals surface area contributed by atoms with Crippen LogP contribution in [0.4, 0.5) is 4.39 Å². The minimum Gasteiger partial charge on any atom is -0.316 e. The molecule has 3 aromatic carbocycles. The first-order valence-corrected chi connectivity index (χ1v) is 10.4. The van der Waals surface area contributed by atoms with E-state index in [1.807, 2.05) is 13.1 Å². The van der Waals surface area contributed by atoms with Crippen LogP contribution in [-0.4, -0.2) is 7.05 Å². The van der Waals surface area contributed by atoms with Crippen molar-refractivity contribution in [2.75, 3.05) is 7.05 Å². The smallest absolute Gasteiger partial charge is 0.123 e. The topological polar surface area (TPSA) is 12.0 Å². The van der Waals surface area contributed by atoms with Crippen molar-refractivity contribution < 1.29 is 4.39 Å². The molecule has 0 radical (unpaired) electrons. The highest BCUT2D eigenvalue weighted by molar-refractivity contribution is 5.75.